The van der Waals surface area contributed by atoms with Crippen molar-refractivity contribution in [1.82, 2.24) is 0 Å². The highest BCUT2D eigenvalue weighted by molar-refractivity contribution is 7.08. The van der Waals surface area contributed by atoms with Crippen LogP contribution in [-0.4, -0.2) is 20.6 Å². The first-order valence-corrected chi connectivity index (χ1v) is 2.85. The van der Waals surface area contributed by atoms with Crippen molar-refractivity contribution in [2.45, 2.75) is 20.6 Å². The summed E-state index contributed by atoms with van der Waals surface area (Å²) in [6.45, 7) is 7.84. The molecule has 0 amide bonds. The molecule has 0 fully saturated rings. The minimum Gasteiger partial charge on any atom is -0.449 e. The molecule has 0 aliphatic rings. The number of hydrogen-bond donors (Lipinski definition) is 0. The highest BCUT2D eigenvalue weighted by Crippen LogP contribution is 1.76. The van der Waals surface area contributed by atoms with Crippen molar-refractivity contribution in [1.29, 1.82) is 0 Å². The van der Waals surface area contributed by atoms with E-state index in [4.69, 9.17) is 4.65 Å². The third-order valence-corrected chi connectivity index (χ3v) is 0.655. The van der Waals surface area contributed by atoms with Crippen molar-refractivity contribution in [3.63, 3.8) is 0 Å². The molecule has 0 rings (SSSR count). The molecular formula is C4H12B2O. The predicted molar refractivity (Wildman–Crippen MR) is 36.3 cm³/mol. The van der Waals surface area contributed by atoms with Gasteiger partial charge in [-0.05, 0) is 6.92 Å². The smallest absolute Gasteiger partial charge is 0.238 e. The maximum absolute atomic E-state index is 5.09. The first-order chi connectivity index (χ1) is 3.27. The summed E-state index contributed by atoms with van der Waals surface area (Å²) < 4.78 is 5.09. The molecule has 0 heterocycles. The first kappa shape index (κ1) is 7.09. The lowest BCUT2D eigenvalue weighted by Crippen LogP contribution is -2.15. The first-order valence-electron chi connectivity index (χ1n) is 2.85. The Labute approximate surface area is 46.8 Å². The van der Waals surface area contributed by atoms with Gasteiger partial charge in [0, 0.05) is 6.61 Å². The normalized spacial score (nSPS) is 8.43. The van der Waals surface area contributed by atoms with Crippen LogP contribution >= 0.6 is 0 Å². The average Bonchev–Trinajstić information content (AvgIpc) is 1.61. The summed E-state index contributed by atoms with van der Waals surface area (Å²) in [6, 6.07) is 0. The van der Waals surface area contributed by atoms with Crippen LogP contribution in [0.1, 0.15) is 6.92 Å². The maximum atomic E-state index is 5.09. The Hall–Kier alpha value is 0.0899. The Bertz CT molecular complexity index is 38.7. The molecule has 40 valence electrons. The third kappa shape index (κ3) is 6.09. The summed E-state index contributed by atoms with van der Waals surface area (Å²) in [5.74, 6) is 0. The molecule has 0 aromatic carbocycles. The maximum Gasteiger partial charge on any atom is 0.238 e. The van der Waals surface area contributed by atoms with E-state index in [2.05, 4.69) is 13.6 Å². The van der Waals surface area contributed by atoms with Crippen molar-refractivity contribution in [2.24, 2.45) is 0 Å². The molecule has 0 atom stereocenters. The van der Waals surface area contributed by atoms with Crippen LogP contribution in [-0.2, 0) is 4.65 Å². The Kier molecular flexibility index (Phi) is 4.31. The zero-order valence-electron chi connectivity index (χ0n) is 5.40. The monoisotopic (exact) mass is 98.1 g/mol. The van der Waals surface area contributed by atoms with E-state index in [9.17, 15) is 0 Å². The van der Waals surface area contributed by atoms with Crippen LogP contribution in [0, 0.1) is 0 Å². The van der Waals surface area contributed by atoms with Crippen molar-refractivity contribution >= 4 is 14.0 Å². The number of rotatable bonds is 3. The van der Waals surface area contributed by atoms with Gasteiger partial charge in [0.2, 0.25) is 7.37 Å². The Morgan fingerprint density at radius 1 is 1.57 bits per heavy atom. The summed E-state index contributed by atoms with van der Waals surface area (Å²) in [7, 11) is 0.899. The molecule has 0 unspecified atom stereocenters. The molecule has 0 aromatic rings. The van der Waals surface area contributed by atoms with Crippen LogP contribution in [0.25, 0.3) is 0 Å². The number of hydrogen-bond acceptors (Lipinski definition) is 1. The van der Waals surface area contributed by atoms with Crippen LogP contribution in [0.2, 0.25) is 13.6 Å². The molecule has 7 heavy (non-hydrogen) atoms. The second-order valence-corrected chi connectivity index (χ2v) is 2.05. The predicted octanol–water partition coefficient (Wildman–Crippen LogP) is 0.625. The summed E-state index contributed by atoms with van der Waals surface area (Å²) in [6.07, 6.45) is 0. The van der Waals surface area contributed by atoms with E-state index in [-0.39, 0.29) is 0 Å². The van der Waals surface area contributed by atoms with E-state index in [0.717, 1.165) is 14.0 Å². The summed E-state index contributed by atoms with van der Waals surface area (Å²) in [5.41, 5.74) is 0. The van der Waals surface area contributed by atoms with Gasteiger partial charge in [-0.3, -0.25) is 0 Å². The van der Waals surface area contributed by atoms with Gasteiger partial charge in [0.15, 0.2) is 0 Å². The second kappa shape index (κ2) is 4.25. The minimum absolute atomic E-state index is 0.681. The van der Waals surface area contributed by atoms with Crippen LogP contribution in [0.4, 0.5) is 0 Å². The molecule has 0 saturated carbocycles. The lowest BCUT2D eigenvalue weighted by atomic mass is 9.32. The fourth-order valence-electron chi connectivity index (χ4n) is 0.354. The van der Waals surface area contributed by atoms with Gasteiger partial charge in [-0.25, -0.2) is 0 Å². The zero-order valence-corrected chi connectivity index (χ0v) is 5.40. The SMILES string of the molecule is CCOBB(C)C. The van der Waals surface area contributed by atoms with Crippen LogP contribution in [0.5, 0.6) is 0 Å². The molecule has 0 aliphatic carbocycles. The lowest BCUT2D eigenvalue weighted by molar-refractivity contribution is 0.370. The summed E-state index contributed by atoms with van der Waals surface area (Å²) in [4.78, 5) is 0. The minimum atomic E-state index is 0.681. The molecule has 3 heteroatoms. The van der Waals surface area contributed by atoms with Crippen LogP contribution in [0.3, 0.4) is 0 Å². The molecular weight excluding hydrogens is 85.7 g/mol. The van der Waals surface area contributed by atoms with Gasteiger partial charge < -0.3 is 4.65 Å². The van der Waals surface area contributed by atoms with Gasteiger partial charge in [0.05, 0.1) is 0 Å². The zero-order chi connectivity index (χ0) is 5.70. The highest BCUT2D eigenvalue weighted by Gasteiger charge is 1.97. The van der Waals surface area contributed by atoms with Crippen molar-refractivity contribution in [3.05, 3.63) is 0 Å². The third-order valence-electron chi connectivity index (χ3n) is 0.655. The van der Waals surface area contributed by atoms with E-state index >= 15 is 0 Å². The van der Waals surface area contributed by atoms with E-state index in [1.165, 1.54) is 0 Å². The van der Waals surface area contributed by atoms with E-state index in [1.54, 1.807) is 0 Å². The average molecular weight is 97.8 g/mol. The van der Waals surface area contributed by atoms with Gasteiger partial charge in [-0.15, -0.1) is 0 Å². The molecule has 0 bridgehead atoms. The van der Waals surface area contributed by atoms with Crippen molar-refractivity contribution in [3.8, 4) is 0 Å². The quantitative estimate of drug-likeness (QED) is 0.470. The topological polar surface area (TPSA) is 9.23 Å². The van der Waals surface area contributed by atoms with Crippen LogP contribution < -0.4 is 0 Å². The van der Waals surface area contributed by atoms with Crippen molar-refractivity contribution < 1.29 is 4.65 Å². The second-order valence-electron chi connectivity index (χ2n) is 2.05. The molecule has 0 saturated heterocycles. The van der Waals surface area contributed by atoms with Gasteiger partial charge in [0.1, 0.15) is 6.60 Å². The van der Waals surface area contributed by atoms with E-state index in [1.807, 2.05) is 6.92 Å². The van der Waals surface area contributed by atoms with Crippen molar-refractivity contribution in [2.75, 3.05) is 6.61 Å². The van der Waals surface area contributed by atoms with E-state index < -0.39 is 0 Å². The molecule has 0 radical (unpaired) electrons. The lowest BCUT2D eigenvalue weighted by Gasteiger charge is -1.96. The summed E-state index contributed by atoms with van der Waals surface area (Å²) in [5, 5.41) is 0. The standard InChI is InChI=1S/C4H12B2O/c1-4-7-5-6(2)3/h5H,4H2,1-3H3. The van der Waals surface area contributed by atoms with Gasteiger partial charge in [-0.1, -0.05) is 13.6 Å². The van der Waals surface area contributed by atoms with E-state index in [0.29, 0.717) is 6.60 Å². The molecule has 0 spiro atoms. The molecule has 0 N–H and O–H groups in total. The van der Waals surface area contributed by atoms with Gasteiger partial charge in [-0.2, -0.15) is 0 Å². The Morgan fingerprint density at radius 3 is 2.29 bits per heavy atom. The van der Waals surface area contributed by atoms with Crippen LogP contribution in [0.15, 0.2) is 0 Å². The largest absolute Gasteiger partial charge is 0.449 e. The van der Waals surface area contributed by atoms with Gasteiger partial charge >= 0.3 is 0 Å². The van der Waals surface area contributed by atoms with Gasteiger partial charge in [0.25, 0.3) is 0 Å². The fraction of sp³-hybridized carbons (Fsp3) is 1.00. The summed E-state index contributed by atoms with van der Waals surface area (Å²) >= 11 is 0. The Balaban J connectivity index is 2.68. The highest BCUT2D eigenvalue weighted by atomic mass is 16.4. The Morgan fingerprint density at radius 2 is 2.14 bits per heavy atom. The molecule has 0 aromatic heterocycles. The fourth-order valence-corrected chi connectivity index (χ4v) is 0.354. The molecule has 1 nitrogen and oxygen atoms in total. The molecule has 0 aliphatic heterocycles.